The Balaban J connectivity index is 2.02. The second-order valence-electron chi connectivity index (χ2n) is 6.41. The predicted octanol–water partition coefficient (Wildman–Crippen LogP) is 4.54. The average Bonchev–Trinajstić information content (AvgIpc) is 2.78. The number of nitrogens with zero attached hydrogens (tertiary/aromatic N) is 2. The van der Waals surface area contributed by atoms with Crippen molar-refractivity contribution in [3.05, 3.63) is 90.0 Å². The summed E-state index contributed by atoms with van der Waals surface area (Å²) in [6.07, 6.45) is 0.196. The van der Waals surface area contributed by atoms with Crippen LogP contribution in [0.1, 0.15) is 17.2 Å². The molecule has 29 heavy (non-hydrogen) atoms. The summed E-state index contributed by atoms with van der Waals surface area (Å²) in [4.78, 5) is 14.8. The Kier molecular flexibility index (Phi) is 6.49. The highest BCUT2D eigenvalue weighted by Gasteiger charge is 2.27. The molecule has 0 aliphatic rings. The van der Waals surface area contributed by atoms with Crippen LogP contribution in [0.3, 0.4) is 0 Å². The van der Waals surface area contributed by atoms with Crippen LogP contribution in [0.2, 0.25) is 0 Å². The normalized spacial score (nSPS) is 11.2. The van der Waals surface area contributed by atoms with Crippen LogP contribution < -0.4 is 14.4 Å². The van der Waals surface area contributed by atoms with Crippen LogP contribution in [0.4, 0.5) is 5.69 Å². The number of hydrogen-bond acceptors (Lipinski definition) is 4. The Hall–Kier alpha value is -3.78. The van der Waals surface area contributed by atoms with Gasteiger partial charge in [-0.15, -0.1) is 0 Å². The lowest BCUT2D eigenvalue weighted by atomic mass is 10.0. The van der Waals surface area contributed by atoms with Gasteiger partial charge in [0.25, 0.3) is 0 Å². The fourth-order valence-corrected chi connectivity index (χ4v) is 3.19. The lowest BCUT2D eigenvalue weighted by Gasteiger charge is -2.28. The van der Waals surface area contributed by atoms with E-state index in [4.69, 9.17) is 9.47 Å². The SMILES string of the molecule is COc1ccc(C(C#N)N(C(=O)Cc2ccccc2)c2ccccc2)cc1OC. The van der Waals surface area contributed by atoms with E-state index in [9.17, 15) is 10.1 Å². The van der Waals surface area contributed by atoms with E-state index in [1.165, 1.54) is 4.90 Å². The van der Waals surface area contributed by atoms with E-state index in [1.807, 2.05) is 60.7 Å². The van der Waals surface area contributed by atoms with Crippen LogP contribution in [0.5, 0.6) is 11.5 Å². The smallest absolute Gasteiger partial charge is 0.232 e. The zero-order valence-electron chi connectivity index (χ0n) is 16.4. The zero-order valence-corrected chi connectivity index (χ0v) is 16.4. The molecule has 0 aliphatic heterocycles. The van der Waals surface area contributed by atoms with Crippen molar-refractivity contribution in [3.8, 4) is 17.6 Å². The van der Waals surface area contributed by atoms with E-state index in [1.54, 1.807) is 32.4 Å². The first-order valence-corrected chi connectivity index (χ1v) is 9.20. The van der Waals surface area contributed by atoms with E-state index < -0.39 is 6.04 Å². The summed E-state index contributed by atoms with van der Waals surface area (Å²) in [5.74, 6) is 0.910. The fraction of sp³-hybridized carbons (Fsp3) is 0.167. The van der Waals surface area contributed by atoms with Crippen molar-refractivity contribution in [2.75, 3.05) is 19.1 Å². The van der Waals surface area contributed by atoms with E-state index in [-0.39, 0.29) is 12.3 Å². The second-order valence-corrected chi connectivity index (χ2v) is 6.41. The quantitative estimate of drug-likeness (QED) is 0.598. The van der Waals surface area contributed by atoms with Crippen molar-refractivity contribution in [2.45, 2.75) is 12.5 Å². The topological polar surface area (TPSA) is 62.6 Å². The highest BCUT2D eigenvalue weighted by molar-refractivity contribution is 5.96. The maximum absolute atomic E-state index is 13.3. The Labute approximate surface area is 170 Å². The number of methoxy groups -OCH3 is 2. The molecule has 0 fully saturated rings. The number of amides is 1. The van der Waals surface area contributed by atoms with Gasteiger partial charge in [0, 0.05) is 5.69 Å². The van der Waals surface area contributed by atoms with Crippen molar-refractivity contribution < 1.29 is 14.3 Å². The summed E-state index contributed by atoms with van der Waals surface area (Å²) in [6.45, 7) is 0. The van der Waals surface area contributed by atoms with Crippen molar-refractivity contribution >= 4 is 11.6 Å². The molecule has 0 spiro atoms. The summed E-state index contributed by atoms with van der Waals surface area (Å²) >= 11 is 0. The molecule has 146 valence electrons. The number of nitriles is 1. The molecule has 0 radical (unpaired) electrons. The monoisotopic (exact) mass is 386 g/mol. The molecule has 5 nitrogen and oxygen atoms in total. The largest absolute Gasteiger partial charge is 0.493 e. The molecule has 0 bridgehead atoms. The summed E-state index contributed by atoms with van der Waals surface area (Å²) in [6, 6.07) is 25.4. The van der Waals surface area contributed by atoms with Gasteiger partial charge in [-0.3, -0.25) is 9.69 Å². The molecule has 0 aliphatic carbocycles. The number of ether oxygens (including phenoxy) is 2. The Morgan fingerprint density at radius 2 is 1.55 bits per heavy atom. The lowest BCUT2D eigenvalue weighted by Crippen LogP contribution is -2.35. The van der Waals surface area contributed by atoms with Gasteiger partial charge < -0.3 is 9.47 Å². The molecule has 5 heteroatoms. The van der Waals surface area contributed by atoms with Crippen molar-refractivity contribution in [2.24, 2.45) is 0 Å². The third-order valence-corrected chi connectivity index (χ3v) is 4.61. The van der Waals surface area contributed by atoms with Crippen molar-refractivity contribution in [3.63, 3.8) is 0 Å². The van der Waals surface area contributed by atoms with E-state index in [0.29, 0.717) is 22.7 Å². The number of para-hydroxylation sites is 1. The molecular weight excluding hydrogens is 364 g/mol. The van der Waals surface area contributed by atoms with Crippen molar-refractivity contribution in [1.29, 1.82) is 5.26 Å². The highest BCUT2D eigenvalue weighted by Crippen LogP contribution is 2.34. The lowest BCUT2D eigenvalue weighted by molar-refractivity contribution is -0.118. The number of anilines is 1. The van der Waals surface area contributed by atoms with Gasteiger partial charge >= 0.3 is 0 Å². The van der Waals surface area contributed by atoms with Crippen LogP contribution in [0, 0.1) is 11.3 Å². The summed E-state index contributed by atoms with van der Waals surface area (Å²) in [5, 5.41) is 10.0. The first-order chi connectivity index (χ1) is 14.2. The Morgan fingerprint density at radius 1 is 0.931 bits per heavy atom. The maximum atomic E-state index is 13.3. The zero-order chi connectivity index (χ0) is 20.6. The molecular formula is C24H22N2O3. The third-order valence-electron chi connectivity index (χ3n) is 4.61. The highest BCUT2D eigenvalue weighted by atomic mass is 16.5. The molecule has 0 aromatic heterocycles. The van der Waals surface area contributed by atoms with Crippen LogP contribution in [0.25, 0.3) is 0 Å². The standard InChI is InChI=1S/C24H22N2O3/c1-28-22-14-13-19(16-23(22)29-2)21(17-25)26(20-11-7-4-8-12-20)24(27)15-18-9-5-3-6-10-18/h3-14,16,21H,15H2,1-2H3. The molecule has 0 N–H and O–H groups in total. The number of carbonyl (C=O) groups is 1. The number of hydrogen-bond donors (Lipinski definition) is 0. The van der Waals surface area contributed by atoms with E-state index in [2.05, 4.69) is 6.07 Å². The molecule has 0 saturated heterocycles. The fourth-order valence-electron chi connectivity index (χ4n) is 3.19. The van der Waals surface area contributed by atoms with Gasteiger partial charge in [-0.05, 0) is 35.4 Å². The first kappa shape index (κ1) is 20.0. The predicted molar refractivity (Wildman–Crippen MR) is 112 cm³/mol. The van der Waals surface area contributed by atoms with Gasteiger partial charge in [0.1, 0.15) is 6.04 Å². The van der Waals surface area contributed by atoms with Gasteiger partial charge in [0.15, 0.2) is 11.5 Å². The summed E-state index contributed by atoms with van der Waals surface area (Å²) in [5.41, 5.74) is 2.20. The van der Waals surface area contributed by atoms with E-state index >= 15 is 0 Å². The molecule has 0 saturated carbocycles. The molecule has 3 aromatic carbocycles. The number of carbonyl (C=O) groups excluding carboxylic acids is 1. The summed E-state index contributed by atoms with van der Waals surface area (Å²) in [7, 11) is 3.09. The number of benzene rings is 3. The minimum atomic E-state index is -0.812. The molecule has 3 aromatic rings. The van der Waals surface area contributed by atoms with Crippen molar-refractivity contribution in [1.82, 2.24) is 0 Å². The van der Waals surface area contributed by atoms with Crippen LogP contribution >= 0.6 is 0 Å². The molecule has 3 rings (SSSR count). The first-order valence-electron chi connectivity index (χ1n) is 9.20. The summed E-state index contributed by atoms with van der Waals surface area (Å²) < 4.78 is 10.7. The Morgan fingerprint density at radius 3 is 2.14 bits per heavy atom. The third kappa shape index (κ3) is 4.56. The molecule has 1 unspecified atom stereocenters. The Bertz CT molecular complexity index is 998. The minimum absolute atomic E-state index is 0.163. The molecule has 0 heterocycles. The number of rotatable bonds is 7. The second kappa shape index (κ2) is 9.43. The molecule has 1 amide bonds. The van der Waals surface area contributed by atoms with Crippen LogP contribution in [-0.2, 0) is 11.2 Å². The van der Waals surface area contributed by atoms with Gasteiger partial charge in [-0.1, -0.05) is 54.6 Å². The average molecular weight is 386 g/mol. The van der Waals surface area contributed by atoms with Crippen LogP contribution in [0.15, 0.2) is 78.9 Å². The van der Waals surface area contributed by atoms with Gasteiger partial charge in [0.2, 0.25) is 5.91 Å². The molecule has 1 atom stereocenters. The maximum Gasteiger partial charge on any atom is 0.232 e. The van der Waals surface area contributed by atoms with Crippen LogP contribution in [-0.4, -0.2) is 20.1 Å². The van der Waals surface area contributed by atoms with Gasteiger partial charge in [-0.2, -0.15) is 5.26 Å². The minimum Gasteiger partial charge on any atom is -0.493 e. The van der Waals surface area contributed by atoms with Gasteiger partial charge in [0.05, 0.1) is 26.7 Å². The van der Waals surface area contributed by atoms with E-state index in [0.717, 1.165) is 5.56 Å². The van der Waals surface area contributed by atoms with Gasteiger partial charge in [-0.25, -0.2) is 0 Å².